The van der Waals surface area contributed by atoms with E-state index in [-0.39, 0.29) is 11.3 Å². The molecule has 10 heteroatoms. The highest BCUT2D eigenvalue weighted by Crippen LogP contribution is 2.26. The van der Waals surface area contributed by atoms with Gasteiger partial charge in [0.15, 0.2) is 0 Å². The molecular formula is C17H20F5NO4. The molecular weight excluding hydrogens is 377 g/mol. The summed E-state index contributed by atoms with van der Waals surface area (Å²) in [5.41, 5.74) is -0.735. The summed E-state index contributed by atoms with van der Waals surface area (Å²) in [4.78, 5) is 24.0. The number of alkyl halides is 5. The predicted molar refractivity (Wildman–Crippen MR) is 85.0 cm³/mol. The first-order valence-electron chi connectivity index (χ1n) is 7.86. The Bertz CT molecular complexity index is 655. The maximum absolute atomic E-state index is 12.4. The molecule has 0 heterocycles. The zero-order valence-electron chi connectivity index (χ0n) is 14.9. The number of hydrogen-bond acceptors (Lipinski definition) is 4. The fourth-order valence-electron chi connectivity index (χ4n) is 1.97. The second kappa shape index (κ2) is 9.12. The third-order valence-electron chi connectivity index (χ3n) is 3.38. The van der Waals surface area contributed by atoms with E-state index in [2.05, 4.69) is 14.8 Å². The summed E-state index contributed by atoms with van der Waals surface area (Å²) in [7, 11) is 0. The molecule has 27 heavy (non-hydrogen) atoms. The summed E-state index contributed by atoms with van der Waals surface area (Å²) in [5, 5.41) is 2.33. The molecule has 0 aromatic heterocycles. The molecule has 0 aliphatic carbocycles. The van der Waals surface area contributed by atoms with Crippen LogP contribution < -0.4 is 10.1 Å². The van der Waals surface area contributed by atoms with Gasteiger partial charge in [-0.3, -0.25) is 9.59 Å². The van der Waals surface area contributed by atoms with Crippen molar-refractivity contribution in [3.05, 3.63) is 29.8 Å². The van der Waals surface area contributed by atoms with Crippen LogP contribution in [0.4, 0.5) is 22.0 Å². The molecule has 1 N–H and O–H groups in total. The van der Waals surface area contributed by atoms with E-state index in [0.29, 0.717) is 0 Å². The Labute approximate surface area is 152 Å². The fourth-order valence-corrected chi connectivity index (χ4v) is 1.97. The quantitative estimate of drug-likeness (QED) is 0.532. The van der Waals surface area contributed by atoms with Gasteiger partial charge < -0.3 is 14.8 Å². The fraction of sp³-hybridized carbons (Fsp3) is 0.529. The summed E-state index contributed by atoms with van der Waals surface area (Å²) >= 11 is 0. The van der Waals surface area contributed by atoms with Gasteiger partial charge in [-0.15, -0.1) is 13.2 Å². The molecule has 0 spiro atoms. The van der Waals surface area contributed by atoms with Crippen LogP contribution in [0.5, 0.6) is 5.75 Å². The first-order valence-corrected chi connectivity index (χ1v) is 7.86. The lowest BCUT2D eigenvalue weighted by atomic mass is 9.89. The minimum Gasteiger partial charge on any atom is -0.406 e. The molecule has 1 aromatic carbocycles. The van der Waals surface area contributed by atoms with Crippen molar-refractivity contribution in [2.24, 2.45) is 5.41 Å². The van der Waals surface area contributed by atoms with Crippen LogP contribution in [0.15, 0.2) is 24.3 Å². The Hall–Kier alpha value is -2.23. The van der Waals surface area contributed by atoms with Crippen molar-refractivity contribution in [2.45, 2.75) is 46.2 Å². The second-order valence-electron chi connectivity index (χ2n) is 6.68. The van der Waals surface area contributed by atoms with Crippen LogP contribution in [0, 0.1) is 5.41 Å². The Morgan fingerprint density at radius 2 is 1.78 bits per heavy atom. The highest BCUT2D eigenvalue weighted by atomic mass is 19.4. The summed E-state index contributed by atoms with van der Waals surface area (Å²) in [6, 6.07) is 3.29. The van der Waals surface area contributed by atoms with Crippen molar-refractivity contribution < 1.29 is 41.0 Å². The Morgan fingerprint density at radius 1 is 1.15 bits per heavy atom. The van der Waals surface area contributed by atoms with Gasteiger partial charge in [-0.05, 0) is 17.7 Å². The van der Waals surface area contributed by atoms with Gasteiger partial charge in [0.05, 0.1) is 19.1 Å². The molecule has 0 aliphatic heterocycles. The third-order valence-corrected chi connectivity index (χ3v) is 3.38. The van der Waals surface area contributed by atoms with Gasteiger partial charge in [-0.25, -0.2) is 0 Å². The van der Waals surface area contributed by atoms with E-state index >= 15 is 0 Å². The number of nitrogens with one attached hydrogen (secondary N) is 1. The second-order valence-corrected chi connectivity index (χ2v) is 6.68. The Morgan fingerprint density at radius 3 is 2.30 bits per heavy atom. The topological polar surface area (TPSA) is 64.6 Å². The molecule has 0 bridgehead atoms. The smallest absolute Gasteiger partial charge is 0.406 e. The molecule has 152 valence electrons. The van der Waals surface area contributed by atoms with E-state index in [1.54, 1.807) is 20.8 Å². The molecule has 1 aromatic rings. The standard InChI is InChI=1S/C17H20F5NO4/c1-16(2,3)13(24)8-14(25)23-12(9-26-15(18)19)10-5-4-6-11(7-10)27-17(20,21)22/h4-7,12,15H,8-9H2,1-3H3,(H,23,25)/t12-/m0/s1. The summed E-state index contributed by atoms with van der Waals surface area (Å²) in [5.74, 6) is -1.73. The average molecular weight is 397 g/mol. The number of benzene rings is 1. The van der Waals surface area contributed by atoms with Crippen molar-refractivity contribution in [1.82, 2.24) is 5.32 Å². The van der Waals surface area contributed by atoms with Crippen LogP contribution in [-0.4, -0.2) is 31.3 Å². The van der Waals surface area contributed by atoms with E-state index in [1.807, 2.05) is 0 Å². The number of rotatable bonds is 8. The summed E-state index contributed by atoms with van der Waals surface area (Å²) in [6.07, 6.45) is -5.44. The zero-order chi connectivity index (χ0) is 20.8. The Kier molecular flexibility index (Phi) is 7.70. The molecule has 0 unspecified atom stereocenters. The predicted octanol–water partition coefficient (Wildman–Crippen LogP) is 3.99. The van der Waals surface area contributed by atoms with Crippen LogP contribution in [-0.2, 0) is 14.3 Å². The lowest BCUT2D eigenvalue weighted by Crippen LogP contribution is -2.35. The van der Waals surface area contributed by atoms with Crippen molar-refractivity contribution in [3.8, 4) is 5.75 Å². The van der Waals surface area contributed by atoms with E-state index in [0.717, 1.165) is 12.1 Å². The van der Waals surface area contributed by atoms with Gasteiger partial charge in [-0.2, -0.15) is 8.78 Å². The van der Waals surface area contributed by atoms with Crippen LogP contribution in [0.1, 0.15) is 38.8 Å². The van der Waals surface area contributed by atoms with Gasteiger partial charge in [0, 0.05) is 5.41 Å². The van der Waals surface area contributed by atoms with E-state index in [4.69, 9.17) is 0 Å². The van der Waals surface area contributed by atoms with E-state index in [9.17, 15) is 31.5 Å². The largest absolute Gasteiger partial charge is 0.573 e. The molecule has 1 atom stereocenters. The van der Waals surface area contributed by atoms with Crippen molar-refractivity contribution >= 4 is 11.7 Å². The van der Waals surface area contributed by atoms with E-state index < -0.39 is 49.1 Å². The highest BCUT2D eigenvalue weighted by molar-refractivity contribution is 6.00. The molecule has 5 nitrogen and oxygen atoms in total. The first-order chi connectivity index (χ1) is 12.3. The average Bonchev–Trinajstić information content (AvgIpc) is 2.48. The summed E-state index contributed by atoms with van der Waals surface area (Å²) < 4.78 is 69.7. The van der Waals surface area contributed by atoms with E-state index in [1.165, 1.54) is 12.1 Å². The first kappa shape index (κ1) is 22.8. The Balaban J connectivity index is 2.95. The number of hydrogen-bond donors (Lipinski definition) is 1. The van der Waals surface area contributed by atoms with Crippen LogP contribution in [0.3, 0.4) is 0 Å². The van der Waals surface area contributed by atoms with Gasteiger partial charge in [0.2, 0.25) is 5.91 Å². The molecule has 1 rings (SSSR count). The molecule has 0 radical (unpaired) electrons. The minimum absolute atomic E-state index is 0.0500. The normalized spacial score (nSPS) is 13.4. The SMILES string of the molecule is CC(C)(C)C(=O)CC(=O)N[C@@H](COC(F)F)c1cccc(OC(F)(F)F)c1. The highest BCUT2D eigenvalue weighted by Gasteiger charge is 2.31. The number of amides is 1. The third kappa shape index (κ3) is 8.80. The maximum atomic E-state index is 12.4. The number of halogens is 5. The lowest BCUT2D eigenvalue weighted by Gasteiger charge is -2.21. The zero-order valence-corrected chi connectivity index (χ0v) is 14.9. The number of Topliss-reactive ketones (excluding diaryl/α,β-unsaturated/α-hetero) is 1. The maximum Gasteiger partial charge on any atom is 0.573 e. The van der Waals surface area contributed by atoms with Crippen molar-refractivity contribution in [1.29, 1.82) is 0 Å². The number of ether oxygens (including phenoxy) is 2. The van der Waals surface area contributed by atoms with Crippen LogP contribution >= 0.6 is 0 Å². The monoisotopic (exact) mass is 397 g/mol. The molecule has 0 saturated carbocycles. The molecule has 1 amide bonds. The van der Waals surface area contributed by atoms with Crippen molar-refractivity contribution in [3.63, 3.8) is 0 Å². The summed E-state index contributed by atoms with van der Waals surface area (Å²) in [6.45, 7) is 0.978. The molecule has 0 fully saturated rings. The van der Waals surface area contributed by atoms with Gasteiger partial charge >= 0.3 is 13.0 Å². The van der Waals surface area contributed by atoms with Gasteiger partial charge in [0.1, 0.15) is 11.5 Å². The van der Waals surface area contributed by atoms with Gasteiger partial charge in [-0.1, -0.05) is 32.9 Å². The number of carbonyl (C=O) groups excluding carboxylic acids is 2. The minimum atomic E-state index is -4.93. The molecule has 0 saturated heterocycles. The van der Waals surface area contributed by atoms with Crippen LogP contribution in [0.2, 0.25) is 0 Å². The van der Waals surface area contributed by atoms with Gasteiger partial charge in [0.25, 0.3) is 0 Å². The number of ketones is 1. The number of carbonyl (C=O) groups is 2. The lowest BCUT2D eigenvalue weighted by molar-refractivity contribution is -0.274. The van der Waals surface area contributed by atoms with Crippen LogP contribution in [0.25, 0.3) is 0 Å². The van der Waals surface area contributed by atoms with Crippen molar-refractivity contribution in [2.75, 3.05) is 6.61 Å². The molecule has 0 aliphatic rings.